The van der Waals surface area contributed by atoms with E-state index in [-0.39, 0.29) is 31.2 Å². The minimum atomic E-state index is -0.669. The molecule has 8 heteroatoms. The van der Waals surface area contributed by atoms with Crippen molar-refractivity contribution < 1.29 is 14.4 Å². The van der Waals surface area contributed by atoms with Gasteiger partial charge >= 0.3 is 6.03 Å². The summed E-state index contributed by atoms with van der Waals surface area (Å²) in [5, 5.41) is 7.30. The molecule has 1 aromatic heterocycles. The van der Waals surface area contributed by atoms with Crippen LogP contribution in [0.2, 0.25) is 5.02 Å². The molecule has 1 saturated heterocycles. The topological polar surface area (TPSA) is 83.4 Å². The third-order valence-corrected chi connectivity index (χ3v) is 5.60. The number of benzene rings is 2. The summed E-state index contributed by atoms with van der Waals surface area (Å²) < 4.78 is 2.03. The smallest absolute Gasteiger partial charge is 0.325 e. The van der Waals surface area contributed by atoms with Gasteiger partial charge in [-0.1, -0.05) is 48.0 Å². The van der Waals surface area contributed by atoms with Crippen LogP contribution in [0.1, 0.15) is 18.4 Å². The minimum Gasteiger partial charge on any atom is -0.354 e. The Bertz CT molecular complexity index is 1110. The van der Waals surface area contributed by atoms with Crippen LogP contribution in [0.5, 0.6) is 0 Å². The molecule has 7 nitrogen and oxygen atoms in total. The van der Waals surface area contributed by atoms with Gasteiger partial charge in [0.15, 0.2) is 0 Å². The van der Waals surface area contributed by atoms with Gasteiger partial charge < -0.3 is 15.2 Å². The number of rotatable bonds is 8. The van der Waals surface area contributed by atoms with Gasteiger partial charge in [-0.05, 0) is 35.6 Å². The molecule has 0 spiro atoms. The summed E-state index contributed by atoms with van der Waals surface area (Å²) in [5.74, 6) is -0.449. The van der Waals surface area contributed by atoms with E-state index in [0.717, 1.165) is 16.5 Å². The molecule has 0 radical (unpaired) electrons. The second-order valence-electron chi connectivity index (χ2n) is 7.51. The van der Waals surface area contributed by atoms with Crippen LogP contribution >= 0.6 is 11.6 Å². The van der Waals surface area contributed by atoms with E-state index >= 15 is 0 Å². The fraction of sp³-hybridized carbons (Fsp3) is 0.261. The molecule has 1 aliphatic heterocycles. The summed E-state index contributed by atoms with van der Waals surface area (Å²) in [6.45, 7) is 1.29. The number of halogens is 1. The van der Waals surface area contributed by atoms with Gasteiger partial charge in [0, 0.05) is 36.2 Å². The molecule has 2 aromatic carbocycles. The molecular formula is C23H23ClN4O3. The van der Waals surface area contributed by atoms with E-state index in [1.54, 1.807) is 0 Å². The number of fused-ring (bicyclic) bond motifs is 1. The molecule has 0 saturated carbocycles. The normalized spacial score (nSPS) is 16.0. The summed E-state index contributed by atoms with van der Waals surface area (Å²) in [6.07, 6.45) is 2.39. The van der Waals surface area contributed by atoms with Crippen LogP contribution in [-0.4, -0.2) is 39.9 Å². The number of amides is 4. The van der Waals surface area contributed by atoms with Crippen LogP contribution in [-0.2, 0) is 22.7 Å². The molecule has 0 bridgehead atoms. The van der Waals surface area contributed by atoms with E-state index in [1.165, 1.54) is 4.90 Å². The van der Waals surface area contributed by atoms with Gasteiger partial charge in [-0.25, -0.2) is 4.79 Å². The van der Waals surface area contributed by atoms with Crippen LogP contribution in [0.3, 0.4) is 0 Å². The first-order valence-corrected chi connectivity index (χ1v) is 10.6. The maximum Gasteiger partial charge on any atom is 0.325 e. The van der Waals surface area contributed by atoms with E-state index in [2.05, 4.69) is 10.6 Å². The Balaban J connectivity index is 1.23. The van der Waals surface area contributed by atoms with Gasteiger partial charge in [-0.15, -0.1) is 0 Å². The number of nitrogens with one attached hydrogen (secondary N) is 2. The van der Waals surface area contributed by atoms with Crippen molar-refractivity contribution in [1.29, 1.82) is 0 Å². The van der Waals surface area contributed by atoms with Crippen molar-refractivity contribution in [2.75, 3.05) is 6.54 Å². The van der Waals surface area contributed by atoms with Gasteiger partial charge in [0.05, 0.1) is 6.54 Å². The highest BCUT2D eigenvalue weighted by Crippen LogP contribution is 2.20. The summed E-state index contributed by atoms with van der Waals surface area (Å²) in [6, 6.07) is 16.0. The maximum absolute atomic E-state index is 12.6. The molecule has 3 aromatic rings. The largest absolute Gasteiger partial charge is 0.354 e. The van der Waals surface area contributed by atoms with Crippen LogP contribution in [0, 0.1) is 0 Å². The molecule has 4 amide bonds. The van der Waals surface area contributed by atoms with Crippen molar-refractivity contribution in [1.82, 2.24) is 20.1 Å². The van der Waals surface area contributed by atoms with Crippen LogP contribution in [0.4, 0.5) is 4.79 Å². The molecule has 1 atom stereocenters. The first-order chi connectivity index (χ1) is 15.0. The molecule has 2 N–H and O–H groups in total. The minimum absolute atomic E-state index is 0.155. The lowest BCUT2D eigenvalue weighted by molar-refractivity contribution is -0.128. The van der Waals surface area contributed by atoms with Crippen molar-refractivity contribution in [3.8, 4) is 0 Å². The van der Waals surface area contributed by atoms with Crippen LogP contribution in [0.15, 0.2) is 60.8 Å². The van der Waals surface area contributed by atoms with Crippen molar-refractivity contribution in [2.45, 2.75) is 32.0 Å². The zero-order valence-corrected chi connectivity index (χ0v) is 17.6. The van der Waals surface area contributed by atoms with E-state index in [1.807, 2.05) is 65.4 Å². The maximum atomic E-state index is 12.6. The van der Waals surface area contributed by atoms with Gasteiger partial charge in [0.1, 0.15) is 6.04 Å². The predicted octanol–water partition coefficient (Wildman–Crippen LogP) is 3.31. The molecule has 1 aliphatic rings. The number of urea groups is 1. The first kappa shape index (κ1) is 20.9. The summed E-state index contributed by atoms with van der Waals surface area (Å²) in [4.78, 5) is 38.1. The van der Waals surface area contributed by atoms with Crippen molar-refractivity contribution in [3.05, 3.63) is 71.4 Å². The van der Waals surface area contributed by atoms with E-state index in [9.17, 15) is 14.4 Å². The Hall–Kier alpha value is -3.32. The number of nitrogens with zero attached hydrogens (tertiary/aromatic N) is 2. The second-order valence-corrected chi connectivity index (χ2v) is 7.95. The Morgan fingerprint density at radius 2 is 1.90 bits per heavy atom. The Morgan fingerprint density at radius 3 is 2.71 bits per heavy atom. The number of hydrogen-bond donors (Lipinski definition) is 2. The first-order valence-electron chi connectivity index (χ1n) is 10.2. The molecule has 160 valence electrons. The average Bonchev–Trinajstić information content (AvgIpc) is 3.28. The summed E-state index contributed by atoms with van der Waals surface area (Å²) in [7, 11) is 0. The molecule has 31 heavy (non-hydrogen) atoms. The SMILES string of the molecule is O=C(CC[C@H]1NC(=O)N(Cc2ccccc2)C1=O)NCCn1ccc2ccc(Cl)cc21. The Labute approximate surface area is 185 Å². The Kier molecular flexibility index (Phi) is 6.23. The summed E-state index contributed by atoms with van der Waals surface area (Å²) >= 11 is 6.07. The fourth-order valence-electron chi connectivity index (χ4n) is 3.72. The highest BCUT2D eigenvalue weighted by atomic mass is 35.5. The molecular weight excluding hydrogens is 416 g/mol. The van der Waals surface area contributed by atoms with Crippen molar-refractivity contribution >= 4 is 40.3 Å². The second kappa shape index (κ2) is 9.22. The highest BCUT2D eigenvalue weighted by molar-refractivity contribution is 6.31. The third-order valence-electron chi connectivity index (χ3n) is 5.36. The average molecular weight is 439 g/mol. The van der Waals surface area contributed by atoms with E-state index in [0.29, 0.717) is 18.1 Å². The zero-order valence-electron chi connectivity index (χ0n) is 16.9. The standard InChI is InChI=1S/C23H23ClN4O3/c24-18-7-6-17-10-12-27(20(17)14-18)13-11-25-21(29)9-8-19-22(30)28(23(31)26-19)15-16-4-2-1-3-5-16/h1-7,10,12,14,19H,8-9,11,13,15H2,(H,25,29)(H,26,31)/t19-/m1/s1. The van der Waals surface area contributed by atoms with E-state index < -0.39 is 12.1 Å². The monoisotopic (exact) mass is 438 g/mol. The lowest BCUT2D eigenvalue weighted by Crippen LogP contribution is -2.33. The number of aromatic nitrogens is 1. The quantitative estimate of drug-likeness (QED) is 0.529. The number of carbonyl (C=O) groups is 3. The van der Waals surface area contributed by atoms with Crippen LogP contribution in [0.25, 0.3) is 10.9 Å². The van der Waals surface area contributed by atoms with Gasteiger partial charge in [-0.3, -0.25) is 14.5 Å². The lowest BCUT2D eigenvalue weighted by atomic mass is 10.1. The van der Waals surface area contributed by atoms with E-state index in [4.69, 9.17) is 11.6 Å². The molecule has 4 rings (SSSR count). The highest BCUT2D eigenvalue weighted by Gasteiger charge is 2.37. The van der Waals surface area contributed by atoms with Crippen LogP contribution < -0.4 is 10.6 Å². The molecule has 0 unspecified atom stereocenters. The molecule has 0 aliphatic carbocycles. The van der Waals surface area contributed by atoms with Crippen molar-refractivity contribution in [3.63, 3.8) is 0 Å². The molecule has 1 fully saturated rings. The lowest BCUT2D eigenvalue weighted by Gasteiger charge is -2.13. The van der Waals surface area contributed by atoms with Gasteiger partial charge in [0.25, 0.3) is 5.91 Å². The Morgan fingerprint density at radius 1 is 1.10 bits per heavy atom. The number of carbonyl (C=O) groups excluding carboxylic acids is 3. The van der Waals surface area contributed by atoms with Gasteiger partial charge in [0.2, 0.25) is 5.91 Å². The summed E-state index contributed by atoms with van der Waals surface area (Å²) in [5.41, 5.74) is 1.89. The number of imide groups is 1. The van der Waals surface area contributed by atoms with Gasteiger partial charge in [-0.2, -0.15) is 0 Å². The molecule has 2 heterocycles. The zero-order chi connectivity index (χ0) is 21.8. The van der Waals surface area contributed by atoms with Crippen molar-refractivity contribution in [2.24, 2.45) is 0 Å². The fourth-order valence-corrected chi connectivity index (χ4v) is 3.89. The number of hydrogen-bond acceptors (Lipinski definition) is 3. The third kappa shape index (κ3) is 4.88. The predicted molar refractivity (Wildman–Crippen MR) is 119 cm³/mol.